The van der Waals surface area contributed by atoms with Gasteiger partial charge in [-0.1, -0.05) is 12.1 Å². The number of aromatic nitrogens is 5. The third-order valence-corrected chi connectivity index (χ3v) is 2.64. The van der Waals surface area contributed by atoms with Crippen LogP contribution in [0.2, 0.25) is 0 Å². The number of nitrogens with zero attached hydrogens (tertiary/aromatic N) is 4. The highest BCUT2D eigenvalue weighted by Crippen LogP contribution is 2.14. The second-order valence-corrected chi connectivity index (χ2v) is 3.72. The van der Waals surface area contributed by atoms with Gasteiger partial charge in [0.2, 0.25) is 0 Å². The van der Waals surface area contributed by atoms with Crippen molar-refractivity contribution in [3.63, 3.8) is 0 Å². The number of aryl methyl sites for hydroxylation is 2. The molecule has 3 rings (SSSR count). The van der Waals surface area contributed by atoms with Gasteiger partial charge in [0.1, 0.15) is 6.33 Å². The van der Waals surface area contributed by atoms with E-state index < -0.39 is 0 Å². The van der Waals surface area contributed by atoms with Crippen LogP contribution in [0, 0.1) is 0 Å². The zero-order chi connectivity index (χ0) is 10.8. The summed E-state index contributed by atoms with van der Waals surface area (Å²) in [6.07, 6.45) is 4.52. The van der Waals surface area contributed by atoms with E-state index in [1.165, 1.54) is 16.5 Å². The molecule has 5 nitrogen and oxygen atoms in total. The van der Waals surface area contributed by atoms with E-state index in [1.807, 2.05) is 6.20 Å². The molecule has 1 aromatic carbocycles. The predicted octanol–water partition coefficient (Wildman–Crippen LogP) is 1.40. The third-order valence-electron chi connectivity index (χ3n) is 2.64. The Morgan fingerprint density at radius 3 is 3.12 bits per heavy atom. The van der Waals surface area contributed by atoms with Gasteiger partial charge in [-0.3, -0.25) is 0 Å². The van der Waals surface area contributed by atoms with E-state index in [4.69, 9.17) is 0 Å². The van der Waals surface area contributed by atoms with Gasteiger partial charge in [0.05, 0.1) is 0 Å². The number of hydrogen-bond donors (Lipinski definition) is 1. The summed E-state index contributed by atoms with van der Waals surface area (Å²) in [5.74, 6) is 0. The van der Waals surface area contributed by atoms with Gasteiger partial charge >= 0.3 is 0 Å². The van der Waals surface area contributed by atoms with E-state index in [0.717, 1.165) is 13.0 Å². The van der Waals surface area contributed by atoms with Gasteiger partial charge in [0.15, 0.2) is 0 Å². The van der Waals surface area contributed by atoms with Crippen molar-refractivity contribution in [2.24, 2.45) is 0 Å². The summed E-state index contributed by atoms with van der Waals surface area (Å²) in [7, 11) is 0. The quantitative estimate of drug-likeness (QED) is 0.715. The minimum absolute atomic E-state index is 0.805. The van der Waals surface area contributed by atoms with Crippen LogP contribution in [0.15, 0.2) is 36.8 Å². The summed E-state index contributed by atoms with van der Waals surface area (Å²) in [5.41, 5.74) is 2.46. The number of aromatic amines is 1. The van der Waals surface area contributed by atoms with Crippen molar-refractivity contribution in [1.29, 1.82) is 0 Å². The van der Waals surface area contributed by atoms with Gasteiger partial charge in [-0.15, -0.1) is 5.10 Å². The molecule has 2 aromatic heterocycles. The number of nitrogens with one attached hydrogen (secondary N) is 1. The molecule has 16 heavy (non-hydrogen) atoms. The summed E-state index contributed by atoms with van der Waals surface area (Å²) >= 11 is 0. The van der Waals surface area contributed by atoms with Gasteiger partial charge in [-0.2, -0.15) is 0 Å². The zero-order valence-corrected chi connectivity index (χ0v) is 8.67. The standard InChI is InChI=1S/C11H11N5/c1-2-10-3-5-12-11(10)7-9(1)4-6-16-8-13-14-15-16/h1-3,5,7-8,12H,4,6H2. The minimum atomic E-state index is 0.805. The molecule has 0 saturated heterocycles. The topological polar surface area (TPSA) is 59.4 Å². The van der Waals surface area contributed by atoms with Crippen LogP contribution in [0.3, 0.4) is 0 Å². The average Bonchev–Trinajstić information content (AvgIpc) is 2.97. The first kappa shape index (κ1) is 9.08. The lowest BCUT2D eigenvalue weighted by Crippen LogP contribution is -2.02. The Labute approximate surface area is 92.1 Å². The molecule has 5 heteroatoms. The van der Waals surface area contributed by atoms with Crippen LogP contribution < -0.4 is 0 Å². The molecule has 0 aliphatic heterocycles. The molecule has 0 amide bonds. The Morgan fingerprint density at radius 2 is 2.25 bits per heavy atom. The van der Waals surface area contributed by atoms with Gasteiger partial charge in [0.25, 0.3) is 0 Å². The first-order valence-corrected chi connectivity index (χ1v) is 5.18. The van der Waals surface area contributed by atoms with Crippen molar-refractivity contribution in [2.75, 3.05) is 0 Å². The van der Waals surface area contributed by atoms with E-state index in [9.17, 15) is 0 Å². The Bertz CT molecular complexity index is 581. The normalized spacial score (nSPS) is 11.0. The SMILES string of the molecule is c1cc2ccc(CCn3cnnn3)cc2[nH]1. The summed E-state index contributed by atoms with van der Waals surface area (Å²) in [6, 6.07) is 8.50. The van der Waals surface area contributed by atoms with Gasteiger partial charge in [-0.05, 0) is 39.9 Å². The summed E-state index contributed by atoms with van der Waals surface area (Å²) in [4.78, 5) is 3.21. The Hall–Kier alpha value is -2.17. The van der Waals surface area contributed by atoms with Crippen LogP contribution >= 0.6 is 0 Å². The van der Waals surface area contributed by atoms with Crippen molar-refractivity contribution in [1.82, 2.24) is 25.2 Å². The molecule has 0 spiro atoms. The molecule has 80 valence electrons. The maximum atomic E-state index is 3.83. The molecule has 1 N–H and O–H groups in total. The molecule has 0 fully saturated rings. The van der Waals surface area contributed by atoms with E-state index >= 15 is 0 Å². The predicted molar refractivity (Wildman–Crippen MR) is 59.8 cm³/mol. The monoisotopic (exact) mass is 213 g/mol. The van der Waals surface area contributed by atoms with Gasteiger partial charge in [-0.25, -0.2) is 4.68 Å². The highest BCUT2D eigenvalue weighted by Gasteiger charge is 1.98. The fourth-order valence-electron chi connectivity index (χ4n) is 1.78. The maximum Gasteiger partial charge on any atom is 0.138 e. The number of rotatable bonds is 3. The molecule has 0 atom stereocenters. The summed E-state index contributed by atoms with van der Waals surface area (Å²) in [6.45, 7) is 0.805. The lowest BCUT2D eigenvalue weighted by atomic mass is 10.1. The van der Waals surface area contributed by atoms with Crippen LogP contribution in [0.5, 0.6) is 0 Å². The van der Waals surface area contributed by atoms with Crippen molar-refractivity contribution in [3.8, 4) is 0 Å². The second kappa shape index (κ2) is 3.77. The minimum Gasteiger partial charge on any atom is -0.361 e. The van der Waals surface area contributed by atoms with E-state index in [0.29, 0.717) is 0 Å². The van der Waals surface area contributed by atoms with Gasteiger partial charge in [0, 0.05) is 18.3 Å². The molecule has 0 saturated carbocycles. The second-order valence-electron chi connectivity index (χ2n) is 3.72. The van der Waals surface area contributed by atoms with Crippen LogP contribution in [0.4, 0.5) is 0 Å². The number of hydrogen-bond acceptors (Lipinski definition) is 3. The van der Waals surface area contributed by atoms with Crippen LogP contribution in [0.25, 0.3) is 10.9 Å². The largest absolute Gasteiger partial charge is 0.361 e. The van der Waals surface area contributed by atoms with E-state index in [-0.39, 0.29) is 0 Å². The molecule has 0 aliphatic rings. The first-order valence-electron chi connectivity index (χ1n) is 5.18. The molecule has 3 aromatic rings. The van der Waals surface area contributed by atoms with Crippen molar-refractivity contribution in [2.45, 2.75) is 13.0 Å². The smallest absolute Gasteiger partial charge is 0.138 e. The first-order chi connectivity index (χ1) is 7.92. The fourth-order valence-corrected chi connectivity index (χ4v) is 1.78. The molecule has 2 heterocycles. The van der Waals surface area contributed by atoms with Crippen LogP contribution in [0.1, 0.15) is 5.56 Å². The van der Waals surface area contributed by atoms with Crippen LogP contribution in [-0.4, -0.2) is 25.2 Å². The van der Waals surface area contributed by atoms with Crippen molar-refractivity contribution >= 4 is 10.9 Å². The number of benzene rings is 1. The Morgan fingerprint density at radius 1 is 1.25 bits per heavy atom. The maximum absolute atomic E-state index is 3.83. The molecule has 0 radical (unpaired) electrons. The van der Waals surface area contributed by atoms with Crippen LogP contribution in [-0.2, 0) is 13.0 Å². The van der Waals surface area contributed by atoms with Crippen molar-refractivity contribution < 1.29 is 0 Å². The molecular formula is C11H11N5. The fraction of sp³-hybridized carbons (Fsp3) is 0.182. The highest BCUT2D eigenvalue weighted by molar-refractivity contribution is 5.79. The van der Waals surface area contributed by atoms with E-state index in [2.05, 4.69) is 44.8 Å². The van der Waals surface area contributed by atoms with Gasteiger partial charge < -0.3 is 4.98 Å². The number of H-pyrrole nitrogens is 1. The summed E-state index contributed by atoms with van der Waals surface area (Å²) in [5, 5.41) is 12.3. The Balaban J connectivity index is 1.78. The highest BCUT2D eigenvalue weighted by atomic mass is 15.5. The van der Waals surface area contributed by atoms with Crippen molar-refractivity contribution in [3.05, 3.63) is 42.4 Å². The molecule has 0 bridgehead atoms. The average molecular weight is 213 g/mol. The summed E-state index contributed by atoms with van der Waals surface area (Å²) < 4.78 is 1.74. The molecule has 0 aliphatic carbocycles. The van der Waals surface area contributed by atoms with E-state index in [1.54, 1.807) is 11.0 Å². The third kappa shape index (κ3) is 1.67. The number of fused-ring (bicyclic) bond motifs is 1. The lowest BCUT2D eigenvalue weighted by molar-refractivity contribution is 0.589. The Kier molecular flexibility index (Phi) is 2.14. The molecule has 0 unspecified atom stereocenters. The zero-order valence-electron chi connectivity index (χ0n) is 8.67. The lowest BCUT2D eigenvalue weighted by Gasteiger charge is -2.01. The molecular weight excluding hydrogens is 202 g/mol. The number of tetrazole rings is 1.